The first-order valence-electron chi connectivity index (χ1n) is 6.89. The standard InChI is InChI=1S/C16H19BrFNOS/c1-4-7-19-15(14-8-10(2)16(17)21-14)12-9-11(18)5-6-13(12)20-3/h5-6,8-9,15,19H,4,7H2,1-3H3. The van der Waals surface area contributed by atoms with E-state index in [9.17, 15) is 4.39 Å². The summed E-state index contributed by atoms with van der Waals surface area (Å²) in [5.74, 6) is 0.452. The second-order valence-corrected chi connectivity index (χ2v) is 7.28. The zero-order valence-electron chi connectivity index (χ0n) is 12.4. The molecule has 0 bridgehead atoms. The molecule has 1 aromatic carbocycles. The molecule has 0 fully saturated rings. The van der Waals surface area contributed by atoms with Crippen LogP contribution in [0.4, 0.5) is 4.39 Å². The van der Waals surface area contributed by atoms with Gasteiger partial charge in [0.15, 0.2) is 0 Å². The summed E-state index contributed by atoms with van der Waals surface area (Å²) in [5.41, 5.74) is 2.02. The van der Waals surface area contributed by atoms with Gasteiger partial charge in [0.1, 0.15) is 11.6 Å². The highest BCUT2D eigenvalue weighted by Crippen LogP contribution is 2.37. The van der Waals surface area contributed by atoms with E-state index in [1.54, 1.807) is 30.6 Å². The Morgan fingerprint density at radius 1 is 1.38 bits per heavy atom. The third-order valence-electron chi connectivity index (χ3n) is 3.26. The van der Waals surface area contributed by atoms with Gasteiger partial charge in [0.25, 0.3) is 0 Å². The predicted octanol–water partition coefficient (Wildman–Crippen LogP) is 5.06. The zero-order valence-corrected chi connectivity index (χ0v) is 14.8. The Hall–Kier alpha value is -0.910. The largest absolute Gasteiger partial charge is 0.496 e. The van der Waals surface area contributed by atoms with Gasteiger partial charge in [-0.05, 0) is 65.6 Å². The van der Waals surface area contributed by atoms with Crippen molar-refractivity contribution in [1.29, 1.82) is 0 Å². The van der Waals surface area contributed by atoms with Gasteiger partial charge in [-0.3, -0.25) is 0 Å². The fourth-order valence-electron chi connectivity index (χ4n) is 2.21. The maximum absolute atomic E-state index is 13.7. The van der Waals surface area contributed by atoms with E-state index in [2.05, 4.69) is 41.2 Å². The van der Waals surface area contributed by atoms with E-state index in [4.69, 9.17) is 4.74 Å². The molecule has 1 unspecified atom stereocenters. The summed E-state index contributed by atoms with van der Waals surface area (Å²) in [6.45, 7) is 5.03. The number of ether oxygens (including phenoxy) is 1. The van der Waals surface area contributed by atoms with E-state index in [1.165, 1.54) is 11.6 Å². The number of thiophene rings is 1. The van der Waals surface area contributed by atoms with E-state index in [0.717, 1.165) is 27.2 Å². The first kappa shape index (κ1) is 16.5. The summed E-state index contributed by atoms with van der Waals surface area (Å²) >= 11 is 5.23. The minimum absolute atomic E-state index is 0.0643. The second kappa shape index (κ2) is 7.38. The Labute approximate surface area is 137 Å². The molecule has 5 heteroatoms. The summed E-state index contributed by atoms with van der Waals surface area (Å²) in [6, 6.07) is 6.72. The van der Waals surface area contributed by atoms with Crippen molar-refractivity contribution < 1.29 is 9.13 Å². The molecule has 0 saturated carbocycles. The monoisotopic (exact) mass is 371 g/mol. The lowest BCUT2D eigenvalue weighted by Crippen LogP contribution is -2.23. The second-order valence-electron chi connectivity index (χ2n) is 4.88. The summed E-state index contributed by atoms with van der Waals surface area (Å²) in [4.78, 5) is 1.15. The Bertz CT molecular complexity index is 595. The van der Waals surface area contributed by atoms with E-state index < -0.39 is 0 Å². The fraction of sp³-hybridized carbons (Fsp3) is 0.375. The summed E-state index contributed by atoms with van der Waals surface area (Å²) in [5, 5.41) is 3.49. The minimum atomic E-state index is -0.249. The highest BCUT2D eigenvalue weighted by atomic mass is 79.9. The Kier molecular flexibility index (Phi) is 5.79. The number of rotatable bonds is 6. The van der Waals surface area contributed by atoms with Crippen molar-refractivity contribution in [3.05, 3.63) is 49.9 Å². The number of halogens is 2. The molecule has 0 radical (unpaired) electrons. The van der Waals surface area contributed by atoms with Crippen molar-refractivity contribution in [2.75, 3.05) is 13.7 Å². The molecule has 1 heterocycles. The molecule has 1 atom stereocenters. The van der Waals surface area contributed by atoms with Gasteiger partial charge < -0.3 is 10.1 Å². The molecule has 0 spiro atoms. The van der Waals surface area contributed by atoms with Gasteiger partial charge in [0.05, 0.1) is 16.9 Å². The van der Waals surface area contributed by atoms with E-state index in [1.807, 2.05) is 0 Å². The molecule has 0 amide bonds. The predicted molar refractivity (Wildman–Crippen MR) is 89.8 cm³/mol. The molecule has 1 N–H and O–H groups in total. The lowest BCUT2D eigenvalue weighted by atomic mass is 10.0. The SMILES string of the molecule is CCCNC(c1cc(C)c(Br)s1)c1cc(F)ccc1OC. The van der Waals surface area contributed by atoms with Crippen LogP contribution in [0.25, 0.3) is 0 Å². The smallest absolute Gasteiger partial charge is 0.124 e. The number of aryl methyl sites for hydroxylation is 1. The molecular weight excluding hydrogens is 353 g/mol. The van der Waals surface area contributed by atoms with E-state index in [0.29, 0.717) is 5.75 Å². The first-order chi connectivity index (χ1) is 10.1. The third kappa shape index (κ3) is 3.84. The maximum atomic E-state index is 13.7. The third-order valence-corrected chi connectivity index (χ3v) is 5.46. The van der Waals surface area contributed by atoms with Crippen molar-refractivity contribution in [1.82, 2.24) is 5.32 Å². The molecule has 114 valence electrons. The lowest BCUT2D eigenvalue weighted by Gasteiger charge is -2.20. The van der Waals surface area contributed by atoms with Crippen LogP contribution in [0.15, 0.2) is 28.1 Å². The van der Waals surface area contributed by atoms with Crippen molar-refractivity contribution in [3.8, 4) is 5.75 Å². The first-order valence-corrected chi connectivity index (χ1v) is 8.50. The van der Waals surface area contributed by atoms with Crippen LogP contribution in [0, 0.1) is 12.7 Å². The molecule has 0 aliphatic rings. The summed E-state index contributed by atoms with van der Waals surface area (Å²) in [6.07, 6.45) is 1.01. The molecule has 21 heavy (non-hydrogen) atoms. The van der Waals surface area contributed by atoms with Gasteiger partial charge in [-0.25, -0.2) is 4.39 Å². The van der Waals surface area contributed by atoms with Crippen molar-refractivity contribution in [2.45, 2.75) is 26.3 Å². The quantitative estimate of drug-likeness (QED) is 0.766. The Morgan fingerprint density at radius 3 is 2.71 bits per heavy atom. The molecule has 0 saturated heterocycles. The normalized spacial score (nSPS) is 12.4. The van der Waals surface area contributed by atoms with Crippen molar-refractivity contribution in [2.24, 2.45) is 0 Å². The van der Waals surface area contributed by atoms with Crippen LogP contribution in [-0.4, -0.2) is 13.7 Å². The topological polar surface area (TPSA) is 21.3 Å². The number of nitrogens with one attached hydrogen (secondary N) is 1. The van der Waals surface area contributed by atoms with Crippen molar-refractivity contribution in [3.63, 3.8) is 0 Å². The van der Waals surface area contributed by atoms with E-state index in [-0.39, 0.29) is 11.9 Å². The maximum Gasteiger partial charge on any atom is 0.124 e. The van der Waals surface area contributed by atoms with Crippen molar-refractivity contribution >= 4 is 27.3 Å². The summed E-state index contributed by atoms with van der Waals surface area (Å²) in [7, 11) is 1.61. The van der Waals surface area contributed by atoms with Crippen LogP contribution in [0.3, 0.4) is 0 Å². The molecule has 1 aromatic heterocycles. The lowest BCUT2D eigenvalue weighted by molar-refractivity contribution is 0.402. The van der Waals surface area contributed by atoms with Crippen LogP contribution in [0.2, 0.25) is 0 Å². The fourth-order valence-corrected chi connectivity index (χ4v) is 3.88. The van der Waals surface area contributed by atoms with Gasteiger partial charge in [-0.1, -0.05) is 6.92 Å². The van der Waals surface area contributed by atoms with Gasteiger partial charge in [-0.2, -0.15) is 0 Å². The molecule has 0 aliphatic carbocycles. The van der Waals surface area contributed by atoms with E-state index >= 15 is 0 Å². The average molecular weight is 372 g/mol. The number of methoxy groups -OCH3 is 1. The van der Waals surface area contributed by atoms with Gasteiger partial charge in [0, 0.05) is 10.4 Å². The van der Waals surface area contributed by atoms with Crippen LogP contribution in [0.1, 0.15) is 35.4 Å². The summed E-state index contributed by atoms with van der Waals surface area (Å²) < 4.78 is 20.2. The highest BCUT2D eigenvalue weighted by Gasteiger charge is 2.21. The van der Waals surface area contributed by atoms with Crippen LogP contribution < -0.4 is 10.1 Å². The van der Waals surface area contributed by atoms with Gasteiger partial charge in [0.2, 0.25) is 0 Å². The van der Waals surface area contributed by atoms with Crippen LogP contribution in [0.5, 0.6) is 5.75 Å². The zero-order chi connectivity index (χ0) is 15.4. The van der Waals surface area contributed by atoms with Crippen LogP contribution >= 0.6 is 27.3 Å². The highest BCUT2D eigenvalue weighted by molar-refractivity contribution is 9.11. The molecular formula is C16H19BrFNOS. The molecule has 2 nitrogen and oxygen atoms in total. The molecule has 0 aliphatic heterocycles. The molecule has 2 rings (SSSR count). The number of benzene rings is 1. The number of hydrogen-bond acceptors (Lipinski definition) is 3. The Balaban J connectivity index is 2.47. The average Bonchev–Trinajstić information content (AvgIpc) is 2.79. The minimum Gasteiger partial charge on any atom is -0.496 e. The van der Waals surface area contributed by atoms with Gasteiger partial charge in [-0.15, -0.1) is 11.3 Å². The van der Waals surface area contributed by atoms with Gasteiger partial charge >= 0.3 is 0 Å². The Morgan fingerprint density at radius 2 is 2.14 bits per heavy atom. The van der Waals surface area contributed by atoms with Crippen LogP contribution in [-0.2, 0) is 0 Å². The molecule has 2 aromatic rings. The number of hydrogen-bond donors (Lipinski definition) is 1.